The van der Waals surface area contributed by atoms with Crippen molar-refractivity contribution in [2.45, 2.75) is 12.0 Å². The van der Waals surface area contributed by atoms with Crippen molar-refractivity contribution in [1.82, 2.24) is 0 Å². The van der Waals surface area contributed by atoms with Gasteiger partial charge in [0.25, 0.3) is 0 Å². The topological polar surface area (TPSA) is 86.7 Å². The third-order valence-corrected chi connectivity index (χ3v) is 2.67. The number of methoxy groups -OCH3 is 1. The molecule has 0 saturated carbocycles. The number of aliphatic hydroxyl groups excluding tert-OH is 1. The van der Waals surface area contributed by atoms with Crippen LogP contribution in [0, 0.1) is 0 Å². The molecular weight excluding hydrogens is 243 g/mol. The summed E-state index contributed by atoms with van der Waals surface area (Å²) in [6.45, 7) is 0.389. The molecule has 0 fully saturated rings. The van der Waals surface area contributed by atoms with Crippen LogP contribution in [0.25, 0.3) is 0 Å². The van der Waals surface area contributed by atoms with E-state index >= 15 is 0 Å². The standard InChI is InChI=1S/C9H12O5S.Na/c1-14-6-7-2-4-8(5-3-7)9(10)15(11,12)13;/h2-5,9-10H,6H2,1H3,(H,11,12,13);/q;+1/p-1. The SMILES string of the molecule is COCc1ccc(C(O)S(=O)(=O)[O-])cc1.[Na+]. The first-order valence-electron chi connectivity index (χ1n) is 4.15. The van der Waals surface area contributed by atoms with E-state index in [0.717, 1.165) is 5.56 Å². The molecule has 1 N–H and O–H groups in total. The molecule has 0 amide bonds. The van der Waals surface area contributed by atoms with E-state index in [1.54, 1.807) is 12.1 Å². The van der Waals surface area contributed by atoms with Crippen LogP contribution in [0.4, 0.5) is 0 Å². The molecule has 16 heavy (non-hydrogen) atoms. The summed E-state index contributed by atoms with van der Waals surface area (Å²) in [5.41, 5.74) is -1.12. The number of benzene rings is 1. The molecule has 0 saturated heterocycles. The summed E-state index contributed by atoms with van der Waals surface area (Å²) >= 11 is 0. The molecule has 5 nitrogen and oxygen atoms in total. The van der Waals surface area contributed by atoms with Crippen LogP contribution in [0.15, 0.2) is 24.3 Å². The molecule has 1 rings (SSSR count). The van der Waals surface area contributed by atoms with E-state index in [9.17, 15) is 13.0 Å². The largest absolute Gasteiger partial charge is 1.00 e. The molecule has 0 spiro atoms. The van der Waals surface area contributed by atoms with Gasteiger partial charge in [-0.3, -0.25) is 0 Å². The Morgan fingerprint density at radius 1 is 1.38 bits per heavy atom. The maximum atomic E-state index is 10.5. The maximum Gasteiger partial charge on any atom is 1.00 e. The van der Waals surface area contributed by atoms with E-state index in [1.807, 2.05) is 0 Å². The predicted molar refractivity (Wildman–Crippen MR) is 51.8 cm³/mol. The summed E-state index contributed by atoms with van der Waals surface area (Å²) in [6, 6.07) is 5.95. The number of ether oxygens (including phenoxy) is 1. The monoisotopic (exact) mass is 254 g/mol. The van der Waals surface area contributed by atoms with Crippen LogP contribution in [0.1, 0.15) is 16.6 Å². The van der Waals surface area contributed by atoms with Crippen molar-refractivity contribution in [3.63, 3.8) is 0 Å². The van der Waals surface area contributed by atoms with Crippen molar-refractivity contribution in [1.29, 1.82) is 0 Å². The van der Waals surface area contributed by atoms with Gasteiger partial charge in [-0.25, -0.2) is 8.42 Å². The molecule has 1 aromatic rings. The Kier molecular flexibility index (Phi) is 6.73. The fraction of sp³-hybridized carbons (Fsp3) is 0.333. The Morgan fingerprint density at radius 3 is 2.25 bits per heavy atom. The van der Waals surface area contributed by atoms with Gasteiger partial charge in [-0.2, -0.15) is 0 Å². The van der Waals surface area contributed by atoms with Gasteiger partial charge in [0.15, 0.2) is 5.44 Å². The molecule has 0 aromatic heterocycles. The minimum atomic E-state index is -4.71. The van der Waals surface area contributed by atoms with Gasteiger partial charge in [-0.05, 0) is 11.1 Å². The second-order valence-corrected chi connectivity index (χ2v) is 4.45. The summed E-state index contributed by atoms with van der Waals surface area (Å²) < 4.78 is 36.4. The summed E-state index contributed by atoms with van der Waals surface area (Å²) in [6.07, 6.45) is 0. The Hall–Kier alpha value is 0.0500. The van der Waals surface area contributed by atoms with E-state index in [2.05, 4.69) is 0 Å². The molecule has 1 atom stereocenters. The van der Waals surface area contributed by atoms with E-state index in [-0.39, 0.29) is 35.1 Å². The second kappa shape index (κ2) is 6.70. The van der Waals surface area contributed by atoms with Gasteiger partial charge >= 0.3 is 29.6 Å². The van der Waals surface area contributed by atoms with Gasteiger partial charge in [0.05, 0.1) is 6.61 Å². The molecule has 1 aromatic carbocycles. The fourth-order valence-corrected chi connectivity index (χ4v) is 1.60. The molecule has 84 valence electrons. The third kappa shape index (κ3) is 4.50. The molecule has 0 aliphatic carbocycles. The van der Waals surface area contributed by atoms with Gasteiger partial charge in [-0.15, -0.1) is 0 Å². The van der Waals surface area contributed by atoms with Crippen molar-refractivity contribution in [2.24, 2.45) is 0 Å². The number of rotatable bonds is 4. The van der Waals surface area contributed by atoms with E-state index in [4.69, 9.17) is 9.84 Å². The smallest absolute Gasteiger partial charge is 0.746 e. The zero-order valence-electron chi connectivity index (χ0n) is 9.08. The van der Waals surface area contributed by atoms with Gasteiger partial charge < -0.3 is 14.4 Å². The minimum Gasteiger partial charge on any atom is -0.746 e. The number of aliphatic hydroxyl groups is 1. The normalized spacial score (nSPS) is 12.9. The maximum absolute atomic E-state index is 10.5. The third-order valence-electron chi connectivity index (χ3n) is 1.85. The second-order valence-electron chi connectivity index (χ2n) is 3.02. The first-order valence-corrected chi connectivity index (χ1v) is 5.63. The summed E-state index contributed by atoms with van der Waals surface area (Å²) in [7, 11) is -3.17. The van der Waals surface area contributed by atoms with Crippen LogP contribution in [-0.2, 0) is 21.5 Å². The van der Waals surface area contributed by atoms with Crippen molar-refractivity contribution in [2.75, 3.05) is 7.11 Å². The molecule has 0 radical (unpaired) electrons. The summed E-state index contributed by atoms with van der Waals surface area (Å²) in [4.78, 5) is 0. The van der Waals surface area contributed by atoms with Crippen LogP contribution in [0.2, 0.25) is 0 Å². The molecule has 0 aliphatic heterocycles. The summed E-state index contributed by atoms with van der Waals surface area (Å²) in [5.74, 6) is 0. The Morgan fingerprint density at radius 2 is 1.88 bits per heavy atom. The zero-order valence-corrected chi connectivity index (χ0v) is 11.9. The van der Waals surface area contributed by atoms with Crippen LogP contribution in [0.5, 0.6) is 0 Å². The van der Waals surface area contributed by atoms with E-state index in [0.29, 0.717) is 6.61 Å². The van der Waals surface area contributed by atoms with Crippen LogP contribution < -0.4 is 29.6 Å². The first kappa shape index (κ1) is 16.1. The average Bonchev–Trinajstić information content (AvgIpc) is 2.17. The molecule has 1 unspecified atom stereocenters. The number of hydrogen-bond acceptors (Lipinski definition) is 5. The molecule has 0 heterocycles. The zero-order chi connectivity index (χ0) is 11.5. The Labute approximate surface area is 116 Å². The number of hydrogen-bond donors (Lipinski definition) is 1. The summed E-state index contributed by atoms with van der Waals surface area (Å²) in [5, 5.41) is 9.15. The molecule has 0 bridgehead atoms. The van der Waals surface area contributed by atoms with Gasteiger partial charge in [0.1, 0.15) is 10.1 Å². The van der Waals surface area contributed by atoms with Crippen molar-refractivity contribution < 1.29 is 52.4 Å². The first-order chi connectivity index (χ1) is 6.95. The van der Waals surface area contributed by atoms with Gasteiger partial charge in [0.2, 0.25) is 0 Å². The van der Waals surface area contributed by atoms with Gasteiger partial charge in [-0.1, -0.05) is 24.3 Å². The van der Waals surface area contributed by atoms with E-state index < -0.39 is 15.6 Å². The Balaban J connectivity index is 0.00000225. The van der Waals surface area contributed by atoms with Crippen LogP contribution in [0.3, 0.4) is 0 Å². The average molecular weight is 254 g/mol. The van der Waals surface area contributed by atoms with Crippen molar-refractivity contribution in [3.05, 3.63) is 35.4 Å². The Bertz CT molecular complexity index is 414. The molecule has 0 aliphatic rings. The van der Waals surface area contributed by atoms with Crippen LogP contribution >= 0.6 is 0 Å². The van der Waals surface area contributed by atoms with E-state index in [1.165, 1.54) is 19.2 Å². The molecular formula is C9H11NaO5S. The van der Waals surface area contributed by atoms with Gasteiger partial charge in [0, 0.05) is 7.11 Å². The van der Waals surface area contributed by atoms with Crippen molar-refractivity contribution >= 4 is 10.1 Å². The van der Waals surface area contributed by atoms with Crippen LogP contribution in [-0.4, -0.2) is 25.2 Å². The fourth-order valence-electron chi connectivity index (χ4n) is 1.11. The minimum absolute atomic E-state index is 0. The van der Waals surface area contributed by atoms with Crippen molar-refractivity contribution in [3.8, 4) is 0 Å². The predicted octanol–water partition coefficient (Wildman–Crippen LogP) is -2.63. The molecule has 7 heteroatoms. The quantitative estimate of drug-likeness (QED) is 0.469.